The highest BCUT2D eigenvalue weighted by molar-refractivity contribution is 6.34. The number of hydrogen-bond acceptors (Lipinski definition) is 4. The van der Waals surface area contributed by atoms with Gasteiger partial charge in [0.2, 0.25) is 5.89 Å². The lowest BCUT2D eigenvalue weighted by atomic mass is 9.77. The van der Waals surface area contributed by atoms with Gasteiger partial charge in [0.1, 0.15) is 0 Å². The molecule has 2 atom stereocenters. The maximum atomic E-state index is 6.22. The molecule has 0 aliphatic heterocycles. The first-order valence-corrected chi connectivity index (χ1v) is 7.90. The van der Waals surface area contributed by atoms with E-state index in [0.717, 1.165) is 31.2 Å². The standard InChI is InChI=1S/C15H15Cl2N3O.ClH/c16-9-4-8(5-10(17)6-9)11-7-12(11)13-19-14(20-21-13)15(18)2-1-3-15;/h4-6,11-12H,1-3,7,18H2;1H. The minimum absolute atomic E-state index is 0. The fourth-order valence-electron chi connectivity index (χ4n) is 2.99. The summed E-state index contributed by atoms with van der Waals surface area (Å²) in [7, 11) is 0. The molecule has 2 saturated carbocycles. The summed E-state index contributed by atoms with van der Waals surface area (Å²) in [5.41, 5.74) is 6.98. The summed E-state index contributed by atoms with van der Waals surface area (Å²) in [5, 5.41) is 5.39. The third kappa shape index (κ3) is 2.73. The first-order valence-electron chi connectivity index (χ1n) is 7.14. The topological polar surface area (TPSA) is 64.9 Å². The molecule has 2 unspecified atom stereocenters. The van der Waals surface area contributed by atoms with Gasteiger partial charge in [-0.25, -0.2) is 0 Å². The zero-order valence-corrected chi connectivity index (χ0v) is 14.1. The van der Waals surface area contributed by atoms with E-state index in [-0.39, 0.29) is 23.9 Å². The fourth-order valence-corrected chi connectivity index (χ4v) is 3.54. The number of aromatic nitrogens is 2. The number of nitrogens with two attached hydrogens (primary N) is 1. The van der Waals surface area contributed by atoms with E-state index < -0.39 is 0 Å². The highest BCUT2D eigenvalue weighted by Crippen LogP contribution is 2.55. The molecule has 1 aromatic heterocycles. The number of nitrogens with zero attached hydrogens (tertiary/aromatic N) is 2. The SMILES string of the molecule is Cl.NC1(c2noc(C3CC3c3cc(Cl)cc(Cl)c3)n2)CCC1. The lowest BCUT2D eigenvalue weighted by molar-refractivity contribution is 0.229. The summed E-state index contributed by atoms with van der Waals surface area (Å²) < 4.78 is 5.42. The van der Waals surface area contributed by atoms with Crippen LogP contribution in [0.15, 0.2) is 22.7 Å². The van der Waals surface area contributed by atoms with E-state index in [0.29, 0.717) is 27.7 Å². The minimum Gasteiger partial charge on any atom is -0.339 e. The number of hydrogen-bond donors (Lipinski definition) is 1. The van der Waals surface area contributed by atoms with Crippen molar-refractivity contribution in [3.8, 4) is 0 Å². The second-order valence-electron chi connectivity index (χ2n) is 6.12. The molecule has 0 bridgehead atoms. The number of benzene rings is 1. The van der Waals surface area contributed by atoms with Gasteiger partial charge in [0, 0.05) is 16.0 Å². The van der Waals surface area contributed by atoms with Crippen LogP contribution in [0, 0.1) is 0 Å². The first kappa shape index (κ1) is 16.1. The Balaban J connectivity index is 0.00000144. The molecule has 2 fully saturated rings. The van der Waals surface area contributed by atoms with Crippen LogP contribution in [0.2, 0.25) is 10.0 Å². The van der Waals surface area contributed by atoms with Gasteiger partial charge in [0.05, 0.1) is 5.54 Å². The minimum atomic E-state index is -0.370. The molecular formula is C15H16Cl3N3O. The van der Waals surface area contributed by atoms with Crippen molar-refractivity contribution in [3.05, 3.63) is 45.5 Å². The summed E-state index contributed by atoms with van der Waals surface area (Å²) in [6.07, 6.45) is 3.98. The second-order valence-corrected chi connectivity index (χ2v) is 6.99. The molecule has 2 aliphatic rings. The van der Waals surface area contributed by atoms with Gasteiger partial charge in [0.15, 0.2) is 5.82 Å². The maximum absolute atomic E-state index is 6.22. The zero-order valence-electron chi connectivity index (χ0n) is 11.8. The summed E-state index contributed by atoms with van der Waals surface area (Å²) >= 11 is 12.1. The molecule has 4 rings (SSSR count). The third-order valence-electron chi connectivity index (χ3n) is 4.55. The predicted octanol–water partition coefficient (Wildman–Crippen LogP) is 4.41. The lowest BCUT2D eigenvalue weighted by Gasteiger charge is -2.34. The summed E-state index contributed by atoms with van der Waals surface area (Å²) in [6.45, 7) is 0. The van der Waals surface area contributed by atoms with Crippen LogP contribution in [0.4, 0.5) is 0 Å². The Bertz CT molecular complexity index is 679. The van der Waals surface area contributed by atoms with Gasteiger partial charge < -0.3 is 10.3 Å². The van der Waals surface area contributed by atoms with E-state index in [2.05, 4.69) is 10.1 Å². The Morgan fingerprint density at radius 3 is 2.41 bits per heavy atom. The molecule has 0 saturated heterocycles. The van der Waals surface area contributed by atoms with Gasteiger partial charge in [-0.3, -0.25) is 0 Å². The zero-order chi connectivity index (χ0) is 14.6. The largest absolute Gasteiger partial charge is 0.339 e. The molecule has 4 nitrogen and oxygen atoms in total. The van der Waals surface area contributed by atoms with Crippen molar-refractivity contribution < 1.29 is 4.52 Å². The van der Waals surface area contributed by atoms with Crippen molar-refractivity contribution in [2.24, 2.45) is 5.73 Å². The van der Waals surface area contributed by atoms with Crippen LogP contribution < -0.4 is 5.73 Å². The third-order valence-corrected chi connectivity index (χ3v) is 4.99. The molecule has 2 aliphatic carbocycles. The van der Waals surface area contributed by atoms with Gasteiger partial charge in [-0.1, -0.05) is 28.4 Å². The van der Waals surface area contributed by atoms with Gasteiger partial charge >= 0.3 is 0 Å². The van der Waals surface area contributed by atoms with Gasteiger partial charge in [-0.05, 0) is 55.4 Å². The van der Waals surface area contributed by atoms with Crippen LogP contribution in [0.5, 0.6) is 0 Å². The predicted molar refractivity (Wildman–Crippen MR) is 87.8 cm³/mol. The van der Waals surface area contributed by atoms with E-state index in [9.17, 15) is 0 Å². The van der Waals surface area contributed by atoms with Crippen LogP contribution >= 0.6 is 35.6 Å². The molecule has 0 radical (unpaired) electrons. The Labute approximate surface area is 144 Å². The molecule has 2 aromatic rings. The van der Waals surface area contributed by atoms with E-state index >= 15 is 0 Å². The van der Waals surface area contributed by atoms with Crippen molar-refractivity contribution in [1.29, 1.82) is 0 Å². The van der Waals surface area contributed by atoms with Crippen molar-refractivity contribution in [3.63, 3.8) is 0 Å². The Hall–Kier alpha value is -0.810. The van der Waals surface area contributed by atoms with Crippen LogP contribution in [0.1, 0.15) is 54.8 Å². The molecule has 0 spiro atoms. The highest BCUT2D eigenvalue weighted by atomic mass is 35.5. The smallest absolute Gasteiger partial charge is 0.230 e. The summed E-state index contributed by atoms with van der Waals surface area (Å²) in [4.78, 5) is 4.52. The average Bonchev–Trinajstić information content (AvgIpc) is 3.04. The Morgan fingerprint density at radius 2 is 1.82 bits per heavy atom. The maximum Gasteiger partial charge on any atom is 0.230 e. The quantitative estimate of drug-likeness (QED) is 0.880. The summed E-state index contributed by atoms with van der Waals surface area (Å²) in [5.74, 6) is 1.94. The molecular weight excluding hydrogens is 345 g/mol. The molecule has 118 valence electrons. The monoisotopic (exact) mass is 359 g/mol. The highest BCUT2D eigenvalue weighted by Gasteiger charge is 2.46. The van der Waals surface area contributed by atoms with Crippen molar-refractivity contribution >= 4 is 35.6 Å². The van der Waals surface area contributed by atoms with Gasteiger partial charge in [-0.15, -0.1) is 12.4 Å². The van der Waals surface area contributed by atoms with E-state index in [1.165, 1.54) is 0 Å². The van der Waals surface area contributed by atoms with E-state index in [1.54, 1.807) is 6.07 Å². The van der Waals surface area contributed by atoms with Crippen LogP contribution in [-0.2, 0) is 5.54 Å². The van der Waals surface area contributed by atoms with Crippen LogP contribution in [0.25, 0.3) is 0 Å². The number of halogens is 3. The van der Waals surface area contributed by atoms with Gasteiger partial charge in [0.25, 0.3) is 0 Å². The lowest BCUT2D eigenvalue weighted by Crippen LogP contribution is -2.44. The van der Waals surface area contributed by atoms with Crippen LogP contribution in [0.3, 0.4) is 0 Å². The van der Waals surface area contributed by atoms with Crippen molar-refractivity contribution in [1.82, 2.24) is 10.1 Å². The average molecular weight is 361 g/mol. The molecule has 0 amide bonds. The molecule has 22 heavy (non-hydrogen) atoms. The molecule has 7 heteroatoms. The molecule has 2 N–H and O–H groups in total. The Kier molecular flexibility index (Phi) is 4.14. The second kappa shape index (κ2) is 5.68. The van der Waals surface area contributed by atoms with Crippen molar-refractivity contribution in [2.75, 3.05) is 0 Å². The Morgan fingerprint density at radius 1 is 1.14 bits per heavy atom. The first-order chi connectivity index (χ1) is 10.0. The van der Waals surface area contributed by atoms with Gasteiger partial charge in [-0.2, -0.15) is 4.98 Å². The van der Waals surface area contributed by atoms with Crippen LogP contribution in [-0.4, -0.2) is 10.1 Å². The van der Waals surface area contributed by atoms with Crippen molar-refractivity contribution in [2.45, 2.75) is 43.1 Å². The fraction of sp³-hybridized carbons (Fsp3) is 0.467. The van der Waals surface area contributed by atoms with E-state index in [4.69, 9.17) is 33.5 Å². The van der Waals surface area contributed by atoms with E-state index in [1.807, 2.05) is 12.1 Å². The number of rotatable bonds is 3. The molecule has 1 heterocycles. The summed E-state index contributed by atoms with van der Waals surface area (Å²) in [6, 6.07) is 5.64. The normalized spacial score (nSPS) is 25.2. The molecule has 1 aromatic carbocycles.